The number of hydrogen-bond donors (Lipinski definition) is 4. The fourth-order valence-electron chi connectivity index (χ4n) is 7.11. The largest absolute Gasteiger partial charge is 0.467 e. The first kappa shape index (κ1) is 31.8. The molecule has 1 spiro atoms. The third-order valence-corrected chi connectivity index (χ3v) is 9.86. The van der Waals surface area contributed by atoms with E-state index in [1.165, 1.54) is 14.0 Å². The number of hydrogen-bond acceptors (Lipinski definition) is 6. The Labute approximate surface area is 262 Å². The predicted octanol–water partition coefficient (Wildman–Crippen LogP) is 3.46. The van der Waals surface area contributed by atoms with Crippen LogP contribution in [-0.4, -0.2) is 77.3 Å². The van der Waals surface area contributed by atoms with Gasteiger partial charge in [-0.2, -0.15) is 0 Å². The fraction of sp³-hybridized carbons (Fsp3) is 0.594. The number of nitrogens with zero attached hydrogens (tertiary/aromatic N) is 1. The lowest BCUT2D eigenvalue weighted by atomic mass is 9.82. The first-order chi connectivity index (χ1) is 21.1. The molecule has 4 N–H and O–H groups in total. The van der Waals surface area contributed by atoms with Gasteiger partial charge < -0.3 is 30.6 Å². The van der Waals surface area contributed by atoms with Crippen molar-refractivity contribution in [1.29, 1.82) is 0 Å². The van der Waals surface area contributed by atoms with Crippen molar-refractivity contribution in [1.82, 2.24) is 25.8 Å². The number of methoxy groups -OCH3 is 1. The Morgan fingerprint density at radius 1 is 1.05 bits per heavy atom. The third-order valence-electron chi connectivity index (χ3n) is 9.63. The summed E-state index contributed by atoms with van der Waals surface area (Å²) in [5, 5.41) is 10.2. The molecule has 0 radical (unpaired) electrons. The Morgan fingerprint density at radius 3 is 2.45 bits per heavy atom. The van der Waals surface area contributed by atoms with E-state index in [2.05, 4.69) is 20.9 Å². The number of fused-ring (bicyclic) bond motifs is 1. The van der Waals surface area contributed by atoms with Crippen LogP contribution in [0.25, 0.3) is 10.9 Å². The van der Waals surface area contributed by atoms with Crippen molar-refractivity contribution in [2.45, 2.75) is 88.8 Å². The quantitative estimate of drug-likeness (QED) is 0.313. The number of carbonyl (C=O) groups is 5. The van der Waals surface area contributed by atoms with Crippen molar-refractivity contribution in [2.24, 2.45) is 11.8 Å². The maximum atomic E-state index is 13.8. The lowest BCUT2D eigenvalue weighted by Crippen LogP contribution is -2.53. The molecule has 1 saturated carbocycles. The number of likely N-dealkylation sites (tertiary alicyclic amines) is 1. The minimum absolute atomic E-state index is 0.0120. The summed E-state index contributed by atoms with van der Waals surface area (Å²) in [5.74, 6) is -1.97. The second kappa shape index (κ2) is 13.6. The van der Waals surface area contributed by atoms with Crippen LogP contribution in [0, 0.1) is 11.8 Å². The minimum Gasteiger partial charge on any atom is -0.467 e. The van der Waals surface area contributed by atoms with E-state index < -0.39 is 41.3 Å². The number of nitrogens with one attached hydrogen (secondary N) is 4. The number of aromatic amines is 1. The van der Waals surface area contributed by atoms with Crippen molar-refractivity contribution >= 4 is 52.1 Å². The van der Waals surface area contributed by atoms with E-state index in [9.17, 15) is 24.0 Å². The third kappa shape index (κ3) is 7.36. The van der Waals surface area contributed by atoms with Gasteiger partial charge in [0.2, 0.25) is 17.7 Å². The van der Waals surface area contributed by atoms with Crippen molar-refractivity contribution in [3.05, 3.63) is 35.0 Å². The number of H-pyrrole nitrogens is 1. The van der Waals surface area contributed by atoms with Crippen LogP contribution in [0.15, 0.2) is 24.3 Å². The van der Waals surface area contributed by atoms with Crippen molar-refractivity contribution in [3.8, 4) is 0 Å². The summed E-state index contributed by atoms with van der Waals surface area (Å²) in [6, 6.07) is 5.03. The maximum Gasteiger partial charge on any atom is 0.328 e. The molecule has 44 heavy (non-hydrogen) atoms. The van der Waals surface area contributed by atoms with E-state index in [0.717, 1.165) is 43.0 Å². The fourth-order valence-corrected chi connectivity index (χ4v) is 7.29. The summed E-state index contributed by atoms with van der Waals surface area (Å²) in [6.45, 7) is 2.66. The van der Waals surface area contributed by atoms with E-state index >= 15 is 0 Å². The molecule has 0 bridgehead atoms. The van der Waals surface area contributed by atoms with Crippen molar-refractivity contribution in [3.63, 3.8) is 0 Å². The number of rotatable bonds is 9. The summed E-state index contributed by atoms with van der Waals surface area (Å²) in [5.41, 5.74) is 0.620. The monoisotopic (exact) mass is 627 g/mol. The second-order valence-electron chi connectivity index (χ2n) is 12.7. The minimum atomic E-state index is -1.06. The Balaban J connectivity index is 1.28. The predicted molar refractivity (Wildman–Crippen MR) is 165 cm³/mol. The summed E-state index contributed by atoms with van der Waals surface area (Å²) >= 11 is 6.11. The molecule has 12 heteroatoms. The van der Waals surface area contributed by atoms with Gasteiger partial charge in [0, 0.05) is 47.4 Å². The van der Waals surface area contributed by atoms with Gasteiger partial charge in [-0.3, -0.25) is 19.2 Å². The van der Waals surface area contributed by atoms with Crippen LogP contribution in [0.4, 0.5) is 0 Å². The molecule has 3 atom stereocenters. The number of benzene rings is 1. The molecule has 2 aliphatic heterocycles. The highest BCUT2D eigenvalue weighted by Gasteiger charge is 2.47. The normalized spacial score (nSPS) is 21.5. The van der Waals surface area contributed by atoms with Gasteiger partial charge in [0.25, 0.3) is 5.91 Å². The van der Waals surface area contributed by atoms with Crippen LogP contribution in [0.2, 0.25) is 5.02 Å². The van der Waals surface area contributed by atoms with Crippen LogP contribution in [0.1, 0.15) is 81.6 Å². The van der Waals surface area contributed by atoms with Crippen LogP contribution in [-0.2, 0) is 23.9 Å². The highest BCUT2D eigenvalue weighted by atomic mass is 35.5. The number of ether oxygens (including phenoxy) is 1. The van der Waals surface area contributed by atoms with Crippen molar-refractivity contribution in [2.75, 3.05) is 20.2 Å². The first-order valence-corrected chi connectivity index (χ1v) is 16.0. The number of aromatic nitrogens is 1. The Hall–Kier alpha value is -3.60. The van der Waals surface area contributed by atoms with E-state index in [4.69, 9.17) is 16.3 Å². The zero-order valence-corrected chi connectivity index (χ0v) is 26.1. The lowest BCUT2D eigenvalue weighted by Gasteiger charge is -2.39. The van der Waals surface area contributed by atoms with Gasteiger partial charge in [-0.1, -0.05) is 43.7 Å². The number of amides is 4. The topological polar surface area (TPSA) is 150 Å². The Morgan fingerprint density at radius 2 is 1.77 bits per heavy atom. The SMILES string of the molecule is COC(=O)C(CC1CC2(CCN(C(C)=O)CC2)NC1=O)NC(=O)[C@H](CC1CCCCC1)NC(=O)c1cc2cc(Cl)ccc2[nH]1. The van der Waals surface area contributed by atoms with E-state index in [1.807, 2.05) is 0 Å². The molecule has 11 nitrogen and oxygen atoms in total. The highest BCUT2D eigenvalue weighted by Crippen LogP contribution is 2.36. The molecule has 5 rings (SSSR count). The van der Waals surface area contributed by atoms with Gasteiger partial charge in [0.05, 0.1) is 7.11 Å². The number of halogens is 1. The molecule has 3 heterocycles. The van der Waals surface area contributed by atoms with Gasteiger partial charge in [-0.05, 0) is 62.3 Å². The molecule has 1 aliphatic carbocycles. The van der Waals surface area contributed by atoms with Gasteiger partial charge in [-0.25, -0.2) is 4.79 Å². The number of piperidine rings is 1. The molecule has 238 valence electrons. The van der Waals surface area contributed by atoms with E-state index in [1.54, 1.807) is 29.2 Å². The molecule has 3 fully saturated rings. The van der Waals surface area contributed by atoms with E-state index in [0.29, 0.717) is 49.5 Å². The van der Waals surface area contributed by atoms with Crippen LogP contribution >= 0.6 is 11.6 Å². The molecule has 1 aromatic carbocycles. The average molecular weight is 628 g/mol. The number of esters is 1. The summed E-state index contributed by atoms with van der Waals surface area (Å²) < 4.78 is 5.03. The van der Waals surface area contributed by atoms with Crippen LogP contribution < -0.4 is 16.0 Å². The molecular formula is C32H42ClN5O6. The lowest BCUT2D eigenvalue weighted by molar-refractivity contribution is -0.146. The first-order valence-electron chi connectivity index (χ1n) is 15.6. The summed E-state index contributed by atoms with van der Waals surface area (Å²) in [4.78, 5) is 69.7. The van der Waals surface area contributed by atoms with Crippen LogP contribution in [0.3, 0.4) is 0 Å². The highest BCUT2D eigenvalue weighted by molar-refractivity contribution is 6.31. The zero-order chi connectivity index (χ0) is 31.4. The summed E-state index contributed by atoms with van der Waals surface area (Å²) in [6.07, 6.45) is 7.54. The van der Waals surface area contributed by atoms with Gasteiger partial charge >= 0.3 is 5.97 Å². The smallest absolute Gasteiger partial charge is 0.328 e. The van der Waals surface area contributed by atoms with Gasteiger partial charge in [0.15, 0.2) is 0 Å². The molecule has 2 aromatic rings. The molecule has 1 aromatic heterocycles. The molecule has 4 amide bonds. The second-order valence-corrected chi connectivity index (χ2v) is 13.1. The molecule has 2 saturated heterocycles. The molecule has 3 aliphatic rings. The van der Waals surface area contributed by atoms with Crippen LogP contribution in [0.5, 0.6) is 0 Å². The van der Waals surface area contributed by atoms with Gasteiger partial charge in [0.1, 0.15) is 17.8 Å². The summed E-state index contributed by atoms with van der Waals surface area (Å²) in [7, 11) is 1.25. The maximum absolute atomic E-state index is 13.8. The van der Waals surface area contributed by atoms with E-state index in [-0.39, 0.29) is 24.2 Å². The van der Waals surface area contributed by atoms with Crippen molar-refractivity contribution < 1.29 is 28.7 Å². The molecular weight excluding hydrogens is 586 g/mol. The zero-order valence-electron chi connectivity index (χ0n) is 25.4. The number of carbonyl (C=O) groups excluding carboxylic acids is 5. The Bertz CT molecular complexity index is 1410. The Kier molecular flexibility index (Phi) is 9.82. The van der Waals surface area contributed by atoms with Gasteiger partial charge in [-0.15, -0.1) is 0 Å². The standard InChI is InChI=1S/C32H42ClN5O6/c1-19(39)38-12-10-32(11-13-38)18-22(28(40)37-32)17-27(31(43)44-2)36-29(41)25(14-20-6-4-3-5-7-20)35-30(42)26-16-21-15-23(33)8-9-24(21)34-26/h8-9,15-16,20,22,25,27,34H,3-7,10-14,17-18H2,1-2H3,(H,35,42)(H,36,41)(H,37,40)/t22?,25-,27?/m0/s1. The molecule has 2 unspecified atom stereocenters. The average Bonchev–Trinajstić information content (AvgIpc) is 3.56.